The number of piperidine rings is 1. The molecule has 3 amide bonds. The molecule has 1 aromatic heterocycles. The molecule has 0 aliphatic carbocycles. The van der Waals surface area contributed by atoms with Crippen LogP contribution in [0.15, 0.2) is 91.4 Å². The second kappa shape index (κ2) is 16.6. The third-order valence-corrected chi connectivity index (χ3v) is 9.06. The number of aromatic nitrogens is 2. The highest BCUT2D eigenvalue weighted by molar-refractivity contribution is 5.99. The van der Waals surface area contributed by atoms with E-state index < -0.39 is 47.1 Å². The molecule has 0 radical (unpaired) electrons. The number of imidazole rings is 1. The SMILES string of the molecule is Cc1ccc(C(=O)C2CCN(C(=O)C(c3ccccc3C(F)(F)F)n3cnc(NC(=O)[C@@H](COCc4ccccc4)NC(=O)C(C)(C)N)c3)CC2)cc1. The number of benzene rings is 3. The number of Topliss-reactive ketones (excluding diaryl/α,β-unsaturated/α-hetero) is 1. The molecule has 0 saturated carbocycles. The van der Waals surface area contributed by atoms with Crippen molar-refractivity contribution in [3.63, 3.8) is 0 Å². The van der Waals surface area contributed by atoms with Crippen LogP contribution in [0, 0.1) is 12.8 Å². The standard InChI is InChI=1S/C39H43F3N6O5/c1-25-13-15-27(16-14-25)34(49)28-17-19-47(20-18-28)36(51)33(29-11-7-8-12-30(29)39(40,41)42)48-21-32(44-24-48)46-35(50)31(45-37(52)38(2,3)43)23-53-22-26-9-5-4-6-10-26/h4-16,21,24,28,31,33H,17-20,22-23,43H2,1-3H3,(H,45,52)(H,46,50)/t31-,33?/m1/s1. The van der Waals surface area contributed by atoms with Crippen LogP contribution in [0.2, 0.25) is 0 Å². The normalized spacial score (nSPS) is 15.0. The Labute approximate surface area is 305 Å². The molecule has 0 spiro atoms. The number of rotatable bonds is 13. The third kappa shape index (κ3) is 9.96. The molecule has 2 atom stereocenters. The first-order valence-electron chi connectivity index (χ1n) is 17.2. The van der Waals surface area contributed by atoms with E-state index in [-0.39, 0.29) is 49.4 Å². The zero-order valence-electron chi connectivity index (χ0n) is 29.7. The number of anilines is 1. The van der Waals surface area contributed by atoms with Crippen LogP contribution in [0.5, 0.6) is 0 Å². The van der Waals surface area contributed by atoms with E-state index in [1.54, 1.807) is 12.1 Å². The average Bonchev–Trinajstić information content (AvgIpc) is 3.58. The zero-order valence-corrected chi connectivity index (χ0v) is 29.7. The minimum Gasteiger partial charge on any atom is -0.374 e. The summed E-state index contributed by atoms with van der Waals surface area (Å²) in [4.78, 5) is 59.3. The number of nitrogens with zero attached hydrogens (tertiary/aromatic N) is 3. The highest BCUT2D eigenvalue weighted by Crippen LogP contribution is 2.37. The van der Waals surface area contributed by atoms with E-state index in [9.17, 15) is 32.3 Å². The molecule has 1 unspecified atom stereocenters. The van der Waals surface area contributed by atoms with E-state index in [2.05, 4.69) is 15.6 Å². The lowest BCUT2D eigenvalue weighted by atomic mass is 9.88. The van der Waals surface area contributed by atoms with Crippen LogP contribution in [0.1, 0.15) is 65.3 Å². The minimum atomic E-state index is -4.78. The van der Waals surface area contributed by atoms with Crippen LogP contribution < -0.4 is 16.4 Å². The molecule has 14 heteroatoms. The molecular formula is C39H43F3N6O5. The molecule has 4 aromatic rings. The van der Waals surface area contributed by atoms with Crippen molar-refractivity contribution < 1.29 is 37.1 Å². The fourth-order valence-corrected chi connectivity index (χ4v) is 6.06. The van der Waals surface area contributed by atoms with Gasteiger partial charge in [0, 0.05) is 30.8 Å². The second-order valence-electron chi connectivity index (χ2n) is 13.8. The molecular weight excluding hydrogens is 689 g/mol. The summed E-state index contributed by atoms with van der Waals surface area (Å²) in [6, 6.07) is 18.5. The number of likely N-dealkylation sites (tertiary alicyclic amines) is 1. The maximum atomic E-state index is 14.3. The molecule has 1 fully saturated rings. The first kappa shape index (κ1) is 38.9. The molecule has 5 rings (SSSR count). The highest BCUT2D eigenvalue weighted by atomic mass is 19.4. The van der Waals surface area contributed by atoms with Gasteiger partial charge < -0.3 is 30.6 Å². The fraction of sp³-hybridized carbons (Fsp3) is 0.359. The Morgan fingerprint density at radius 2 is 1.58 bits per heavy atom. The molecule has 2 heterocycles. The predicted octanol–water partition coefficient (Wildman–Crippen LogP) is 5.30. The summed E-state index contributed by atoms with van der Waals surface area (Å²) in [6.07, 6.45) is -1.66. The maximum absolute atomic E-state index is 14.3. The number of nitrogens with one attached hydrogen (secondary N) is 2. The first-order chi connectivity index (χ1) is 25.1. The number of carbonyl (C=O) groups is 4. The van der Waals surface area contributed by atoms with Crippen LogP contribution in [0.25, 0.3) is 0 Å². The Balaban J connectivity index is 1.36. The number of halogens is 3. The summed E-state index contributed by atoms with van der Waals surface area (Å²) in [5, 5.41) is 5.17. The van der Waals surface area contributed by atoms with Gasteiger partial charge in [-0.25, -0.2) is 4.98 Å². The monoisotopic (exact) mass is 732 g/mol. The van der Waals surface area contributed by atoms with Gasteiger partial charge in [-0.2, -0.15) is 13.2 Å². The Morgan fingerprint density at radius 3 is 2.23 bits per heavy atom. The number of amides is 3. The van der Waals surface area contributed by atoms with E-state index in [1.807, 2.05) is 49.4 Å². The molecule has 53 heavy (non-hydrogen) atoms. The van der Waals surface area contributed by atoms with Gasteiger partial charge in [-0.1, -0.05) is 78.4 Å². The Morgan fingerprint density at radius 1 is 0.943 bits per heavy atom. The van der Waals surface area contributed by atoms with Crippen molar-refractivity contribution in [3.05, 3.63) is 119 Å². The van der Waals surface area contributed by atoms with Crippen LogP contribution >= 0.6 is 0 Å². The molecule has 11 nitrogen and oxygen atoms in total. The number of alkyl halides is 3. The van der Waals surface area contributed by atoms with Gasteiger partial charge in [-0.3, -0.25) is 19.2 Å². The number of aryl methyl sites for hydroxylation is 1. The zero-order chi connectivity index (χ0) is 38.3. The average molecular weight is 733 g/mol. The maximum Gasteiger partial charge on any atom is 0.416 e. The highest BCUT2D eigenvalue weighted by Gasteiger charge is 2.40. The summed E-state index contributed by atoms with van der Waals surface area (Å²) < 4.78 is 49.9. The van der Waals surface area contributed by atoms with Gasteiger partial charge in [-0.15, -0.1) is 0 Å². The molecule has 3 aromatic carbocycles. The van der Waals surface area contributed by atoms with Crippen molar-refractivity contribution in [2.75, 3.05) is 25.0 Å². The number of hydrogen-bond acceptors (Lipinski definition) is 7. The summed E-state index contributed by atoms with van der Waals surface area (Å²) in [5.74, 6) is -2.42. The quantitative estimate of drug-likeness (QED) is 0.158. The van der Waals surface area contributed by atoms with Crippen molar-refractivity contribution in [2.45, 2.75) is 64.0 Å². The van der Waals surface area contributed by atoms with Crippen molar-refractivity contribution >= 4 is 29.3 Å². The van der Waals surface area contributed by atoms with E-state index in [1.165, 1.54) is 54.0 Å². The van der Waals surface area contributed by atoms with Gasteiger partial charge in [-0.05, 0) is 50.8 Å². The third-order valence-electron chi connectivity index (χ3n) is 9.06. The van der Waals surface area contributed by atoms with Crippen molar-refractivity contribution in [2.24, 2.45) is 11.7 Å². The largest absolute Gasteiger partial charge is 0.416 e. The van der Waals surface area contributed by atoms with E-state index in [0.717, 1.165) is 17.2 Å². The van der Waals surface area contributed by atoms with Gasteiger partial charge in [0.25, 0.3) is 5.91 Å². The number of ether oxygens (including phenoxy) is 1. The summed E-state index contributed by atoms with van der Waals surface area (Å²) in [5.41, 5.74) is 5.76. The first-order valence-corrected chi connectivity index (χ1v) is 17.2. The Bertz CT molecular complexity index is 1900. The van der Waals surface area contributed by atoms with Gasteiger partial charge in [0.15, 0.2) is 11.6 Å². The molecule has 4 N–H and O–H groups in total. The number of ketones is 1. The van der Waals surface area contributed by atoms with Crippen molar-refractivity contribution in [3.8, 4) is 0 Å². The van der Waals surface area contributed by atoms with Crippen LogP contribution in [0.4, 0.5) is 19.0 Å². The van der Waals surface area contributed by atoms with Gasteiger partial charge in [0.05, 0.1) is 30.6 Å². The molecule has 280 valence electrons. The number of carbonyl (C=O) groups excluding carboxylic acids is 4. The van der Waals surface area contributed by atoms with Gasteiger partial charge in [0.1, 0.15) is 12.1 Å². The van der Waals surface area contributed by atoms with Gasteiger partial charge >= 0.3 is 6.18 Å². The van der Waals surface area contributed by atoms with Crippen LogP contribution in [-0.2, 0) is 31.9 Å². The predicted molar refractivity (Wildman–Crippen MR) is 192 cm³/mol. The smallest absolute Gasteiger partial charge is 0.374 e. The Hall–Kier alpha value is -5.34. The molecule has 0 bridgehead atoms. The van der Waals surface area contributed by atoms with E-state index in [0.29, 0.717) is 18.4 Å². The molecule has 1 aliphatic rings. The van der Waals surface area contributed by atoms with Crippen molar-refractivity contribution in [1.29, 1.82) is 0 Å². The van der Waals surface area contributed by atoms with E-state index in [4.69, 9.17) is 10.5 Å². The van der Waals surface area contributed by atoms with Crippen LogP contribution in [0.3, 0.4) is 0 Å². The summed E-state index contributed by atoms with van der Waals surface area (Å²) in [6.45, 7) is 5.12. The minimum absolute atomic E-state index is 0.0407. The number of hydrogen-bond donors (Lipinski definition) is 3. The fourth-order valence-electron chi connectivity index (χ4n) is 6.06. The second-order valence-corrected chi connectivity index (χ2v) is 13.8. The lowest BCUT2D eigenvalue weighted by molar-refractivity contribution is -0.140. The van der Waals surface area contributed by atoms with E-state index >= 15 is 0 Å². The van der Waals surface area contributed by atoms with Gasteiger partial charge in [0.2, 0.25) is 11.8 Å². The summed E-state index contributed by atoms with van der Waals surface area (Å²) in [7, 11) is 0. The van der Waals surface area contributed by atoms with Crippen LogP contribution in [-0.4, -0.2) is 69.2 Å². The Kier molecular flexibility index (Phi) is 12.1. The molecule has 1 saturated heterocycles. The summed E-state index contributed by atoms with van der Waals surface area (Å²) >= 11 is 0. The van der Waals surface area contributed by atoms with Crippen molar-refractivity contribution in [1.82, 2.24) is 19.8 Å². The lowest BCUT2D eigenvalue weighted by Gasteiger charge is -2.34. The lowest BCUT2D eigenvalue weighted by Crippen LogP contribution is -2.56. The topological polar surface area (TPSA) is 149 Å². The number of nitrogens with two attached hydrogens (primary N) is 1. The molecule has 1 aliphatic heterocycles.